The number of hydrogen-bond acceptors (Lipinski definition) is 2. The Morgan fingerprint density at radius 1 is 1.38 bits per heavy atom. The number of nitrogens with two attached hydrogens (primary N) is 1. The van der Waals surface area contributed by atoms with Crippen LogP contribution in [0, 0.1) is 17.8 Å². The van der Waals surface area contributed by atoms with E-state index in [1.807, 2.05) is 0 Å². The zero-order valence-corrected chi connectivity index (χ0v) is 8.29. The first-order valence-electron chi connectivity index (χ1n) is 5.36. The average molecular weight is 181 g/mol. The van der Waals surface area contributed by atoms with E-state index in [4.69, 9.17) is 5.84 Å². The minimum atomic E-state index is 0.639. The Morgan fingerprint density at radius 2 is 2.08 bits per heavy atom. The summed E-state index contributed by atoms with van der Waals surface area (Å²) in [7, 11) is 0. The average Bonchev–Trinajstić information content (AvgIpc) is 2.75. The second-order valence-corrected chi connectivity index (χ2v) is 4.34. The molecule has 0 spiro atoms. The fraction of sp³-hybridized carbons (Fsp3) is 0.900. The van der Waals surface area contributed by atoms with E-state index in [0.29, 0.717) is 5.92 Å². The monoisotopic (exact) mass is 181 g/mol. The van der Waals surface area contributed by atoms with Gasteiger partial charge < -0.3 is 5.43 Å². The molecule has 0 aliphatic heterocycles. The van der Waals surface area contributed by atoms with Crippen LogP contribution in [0.15, 0.2) is 4.99 Å². The SMILES string of the molecule is CCCN=C(NN)C1CC2CC2C1. The molecule has 2 rings (SSSR count). The number of amidine groups is 1. The molecule has 74 valence electrons. The maximum Gasteiger partial charge on any atom is 0.113 e. The molecule has 3 nitrogen and oxygen atoms in total. The van der Waals surface area contributed by atoms with Crippen molar-refractivity contribution >= 4 is 5.84 Å². The molecule has 0 bridgehead atoms. The van der Waals surface area contributed by atoms with Gasteiger partial charge in [-0.15, -0.1) is 0 Å². The lowest BCUT2D eigenvalue weighted by molar-refractivity contribution is 0.602. The molecule has 2 saturated carbocycles. The number of nitrogens with zero attached hydrogens (tertiary/aromatic N) is 1. The highest BCUT2D eigenvalue weighted by molar-refractivity contribution is 5.84. The Bertz CT molecular complexity index is 202. The number of hydrazine groups is 1. The van der Waals surface area contributed by atoms with E-state index < -0.39 is 0 Å². The van der Waals surface area contributed by atoms with E-state index >= 15 is 0 Å². The Balaban J connectivity index is 1.88. The number of hydrogen-bond donors (Lipinski definition) is 2. The molecular weight excluding hydrogens is 162 g/mol. The van der Waals surface area contributed by atoms with E-state index in [-0.39, 0.29) is 0 Å². The predicted octanol–water partition coefficient (Wildman–Crippen LogP) is 1.30. The van der Waals surface area contributed by atoms with Crippen molar-refractivity contribution in [2.75, 3.05) is 6.54 Å². The highest BCUT2D eigenvalue weighted by atomic mass is 15.3. The van der Waals surface area contributed by atoms with Gasteiger partial charge in [0.05, 0.1) is 0 Å². The zero-order valence-electron chi connectivity index (χ0n) is 8.29. The number of fused-ring (bicyclic) bond motifs is 1. The molecule has 2 aliphatic rings. The maximum absolute atomic E-state index is 5.47. The van der Waals surface area contributed by atoms with Crippen molar-refractivity contribution < 1.29 is 0 Å². The second kappa shape index (κ2) is 3.66. The number of aliphatic imine (C=N–C) groups is 1. The summed E-state index contributed by atoms with van der Waals surface area (Å²) in [6.07, 6.45) is 5.20. The molecule has 2 atom stereocenters. The molecule has 0 radical (unpaired) electrons. The van der Waals surface area contributed by atoms with Crippen LogP contribution in [0.2, 0.25) is 0 Å². The minimum Gasteiger partial charge on any atom is -0.312 e. The zero-order chi connectivity index (χ0) is 9.26. The van der Waals surface area contributed by atoms with Gasteiger partial charge in [-0.05, 0) is 37.5 Å². The van der Waals surface area contributed by atoms with Gasteiger partial charge >= 0.3 is 0 Å². The second-order valence-electron chi connectivity index (χ2n) is 4.34. The van der Waals surface area contributed by atoms with Crippen LogP contribution in [0.4, 0.5) is 0 Å². The van der Waals surface area contributed by atoms with Crippen molar-refractivity contribution in [1.29, 1.82) is 0 Å². The quantitative estimate of drug-likeness (QED) is 0.298. The molecule has 0 amide bonds. The van der Waals surface area contributed by atoms with Crippen molar-refractivity contribution in [2.24, 2.45) is 28.6 Å². The van der Waals surface area contributed by atoms with Gasteiger partial charge in [0, 0.05) is 12.5 Å². The van der Waals surface area contributed by atoms with Gasteiger partial charge in [-0.2, -0.15) is 0 Å². The summed E-state index contributed by atoms with van der Waals surface area (Å²) in [5, 5.41) is 0. The fourth-order valence-corrected chi connectivity index (χ4v) is 2.46. The molecular formula is C10H19N3. The normalized spacial score (nSPS) is 37.4. The largest absolute Gasteiger partial charge is 0.312 e. The topological polar surface area (TPSA) is 50.4 Å². The standard InChI is InChI=1S/C10H19N3/c1-2-3-12-10(13-11)9-5-7-4-8(7)6-9/h7-9H,2-6,11H2,1H3,(H,12,13). The molecule has 0 saturated heterocycles. The van der Waals surface area contributed by atoms with Gasteiger partial charge in [0.25, 0.3) is 0 Å². The summed E-state index contributed by atoms with van der Waals surface area (Å²) in [6.45, 7) is 3.05. The lowest BCUT2D eigenvalue weighted by Crippen LogP contribution is -2.36. The van der Waals surface area contributed by atoms with Crippen LogP contribution in [0.25, 0.3) is 0 Å². The molecule has 2 aliphatic carbocycles. The molecule has 0 aromatic carbocycles. The summed E-state index contributed by atoms with van der Waals surface area (Å²) in [4.78, 5) is 4.48. The van der Waals surface area contributed by atoms with Crippen LogP contribution in [-0.4, -0.2) is 12.4 Å². The highest BCUT2D eigenvalue weighted by Gasteiger charge is 2.47. The molecule has 2 unspecified atom stereocenters. The van der Waals surface area contributed by atoms with Gasteiger partial charge in [-0.25, -0.2) is 5.84 Å². The van der Waals surface area contributed by atoms with Crippen molar-refractivity contribution in [3.8, 4) is 0 Å². The van der Waals surface area contributed by atoms with E-state index in [0.717, 1.165) is 30.6 Å². The van der Waals surface area contributed by atoms with Crippen LogP contribution in [0.5, 0.6) is 0 Å². The number of rotatable bonds is 3. The van der Waals surface area contributed by atoms with Crippen LogP contribution in [-0.2, 0) is 0 Å². The van der Waals surface area contributed by atoms with Crippen LogP contribution in [0.3, 0.4) is 0 Å². The Labute approximate surface area is 79.8 Å². The molecule has 0 heterocycles. The van der Waals surface area contributed by atoms with E-state index in [9.17, 15) is 0 Å². The smallest absolute Gasteiger partial charge is 0.113 e. The van der Waals surface area contributed by atoms with Gasteiger partial charge in [-0.3, -0.25) is 4.99 Å². The summed E-state index contributed by atoms with van der Waals surface area (Å²) >= 11 is 0. The molecule has 2 fully saturated rings. The lowest BCUT2D eigenvalue weighted by Gasteiger charge is -2.14. The van der Waals surface area contributed by atoms with Crippen molar-refractivity contribution in [3.05, 3.63) is 0 Å². The van der Waals surface area contributed by atoms with E-state index in [2.05, 4.69) is 17.3 Å². The Morgan fingerprint density at radius 3 is 2.62 bits per heavy atom. The molecule has 0 aromatic heterocycles. The minimum absolute atomic E-state index is 0.639. The lowest BCUT2D eigenvalue weighted by atomic mass is 10.0. The summed E-state index contributed by atoms with van der Waals surface area (Å²) in [5.41, 5.74) is 2.77. The van der Waals surface area contributed by atoms with Gasteiger partial charge in [0.2, 0.25) is 0 Å². The van der Waals surface area contributed by atoms with Gasteiger partial charge in [-0.1, -0.05) is 6.92 Å². The summed E-state index contributed by atoms with van der Waals surface area (Å²) in [6, 6.07) is 0. The maximum atomic E-state index is 5.47. The van der Waals surface area contributed by atoms with Gasteiger partial charge in [0.15, 0.2) is 0 Å². The number of nitrogens with one attached hydrogen (secondary N) is 1. The van der Waals surface area contributed by atoms with E-state index in [1.54, 1.807) is 0 Å². The summed E-state index contributed by atoms with van der Waals surface area (Å²) < 4.78 is 0. The van der Waals surface area contributed by atoms with Crippen molar-refractivity contribution in [2.45, 2.75) is 32.6 Å². The Kier molecular flexibility index (Phi) is 2.54. The first kappa shape index (κ1) is 9.00. The fourth-order valence-electron chi connectivity index (χ4n) is 2.46. The van der Waals surface area contributed by atoms with Crippen molar-refractivity contribution in [3.63, 3.8) is 0 Å². The predicted molar refractivity (Wildman–Crippen MR) is 54.2 cm³/mol. The van der Waals surface area contributed by atoms with Crippen LogP contribution >= 0.6 is 0 Å². The van der Waals surface area contributed by atoms with Crippen molar-refractivity contribution in [1.82, 2.24) is 5.43 Å². The third-order valence-corrected chi connectivity index (χ3v) is 3.28. The molecule has 3 heteroatoms. The van der Waals surface area contributed by atoms with Crippen LogP contribution in [0.1, 0.15) is 32.6 Å². The molecule has 0 aromatic rings. The van der Waals surface area contributed by atoms with Gasteiger partial charge in [0.1, 0.15) is 5.84 Å². The van der Waals surface area contributed by atoms with E-state index in [1.165, 1.54) is 19.3 Å². The third kappa shape index (κ3) is 1.85. The molecule has 13 heavy (non-hydrogen) atoms. The Hall–Kier alpha value is -0.570. The molecule has 3 N–H and O–H groups in total. The third-order valence-electron chi connectivity index (χ3n) is 3.28. The first-order chi connectivity index (χ1) is 6.35. The summed E-state index contributed by atoms with van der Waals surface area (Å²) in [5.74, 6) is 9.17. The van der Waals surface area contributed by atoms with Crippen LogP contribution < -0.4 is 11.3 Å². The highest BCUT2D eigenvalue weighted by Crippen LogP contribution is 2.54. The first-order valence-corrected chi connectivity index (χ1v) is 5.36.